The van der Waals surface area contributed by atoms with Gasteiger partial charge in [-0.2, -0.15) is 8.78 Å². The van der Waals surface area contributed by atoms with Crippen LogP contribution in [0, 0.1) is 0 Å². The summed E-state index contributed by atoms with van der Waals surface area (Å²) in [6, 6.07) is 13.7. The Labute approximate surface area is 123 Å². The van der Waals surface area contributed by atoms with E-state index in [0.717, 1.165) is 5.56 Å². The Morgan fingerprint density at radius 1 is 0.905 bits per heavy atom. The molecule has 2 rings (SSSR count). The summed E-state index contributed by atoms with van der Waals surface area (Å²) >= 11 is 0. The smallest absolute Gasteiger partial charge is 0.387 e. The summed E-state index contributed by atoms with van der Waals surface area (Å²) in [4.78, 5) is 0. The summed E-state index contributed by atoms with van der Waals surface area (Å²) in [5, 5.41) is 10.4. The van der Waals surface area contributed by atoms with Gasteiger partial charge in [0.25, 0.3) is 0 Å². The Kier molecular flexibility index (Phi) is 4.91. The highest BCUT2D eigenvalue weighted by Gasteiger charge is 2.17. The monoisotopic (exact) mass is 292 g/mol. The quantitative estimate of drug-likeness (QED) is 0.879. The summed E-state index contributed by atoms with van der Waals surface area (Å²) in [6.07, 6.45) is -0.999. The molecule has 0 amide bonds. The molecule has 0 aliphatic rings. The van der Waals surface area contributed by atoms with E-state index in [-0.39, 0.29) is 5.75 Å². The fraction of sp³-hybridized carbons (Fsp3) is 0.294. The van der Waals surface area contributed by atoms with Gasteiger partial charge in [-0.25, -0.2) is 0 Å². The van der Waals surface area contributed by atoms with Gasteiger partial charge in [0.05, 0.1) is 0 Å². The van der Waals surface area contributed by atoms with Crippen molar-refractivity contribution in [2.24, 2.45) is 0 Å². The van der Waals surface area contributed by atoms with Crippen LogP contribution in [0.5, 0.6) is 5.75 Å². The van der Waals surface area contributed by atoms with E-state index in [0.29, 0.717) is 17.0 Å². The average Bonchev–Trinajstić information content (AvgIpc) is 2.46. The molecule has 0 aromatic heterocycles. The Hall–Kier alpha value is -1.94. The number of para-hydroxylation sites is 1. The number of aliphatic hydroxyl groups is 1. The summed E-state index contributed by atoms with van der Waals surface area (Å²) < 4.78 is 29.3. The summed E-state index contributed by atoms with van der Waals surface area (Å²) in [6.45, 7) is 1.25. The number of ether oxygens (including phenoxy) is 1. The molecule has 0 heterocycles. The zero-order chi connectivity index (χ0) is 15.4. The van der Waals surface area contributed by atoms with E-state index in [2.05, 4.69) is 18.6 Å². The molecule has 0 saturated carbocycles. The van der Waals surface area contributed by atoms with Gasteiger partial charge < -0.3 is 9.84 Å². The molecule has 2 aromatic carbocycles. The first-order valence-electron chi connectivity index (χ1n) is 6.80. The fourth-order valence-electron chi connectivity index (χ4n) is 2.15. The number of halogens is 2. The molecule has 112 valence electrons. The third kappa shape index (κ3) is 3.79. The van der Waals surface area contributed by atoms with Crippen LogP contribution in [-0.2, 0) is 0 Å². The highest BCUT2D eigenvalue weighted by atomic mass is 19.3. The summed E-state index contributed by atoms with van der Waals surface area (Å²) in [7, 11) is 0. The van der Waals surface area contributed by atoms with Crippen molar-refractivity contribution >= 4 is 0 Å². The number of rotatable bonds is 5. The second-order valence-corrected chi connectivity index (χ2v) is 5.14. The number of benzene rings is 2. The first kappa shape index (κ1) is 15.4. The number of hydrogen-bond donors (Lipinski definition) is 1. The number of hydrogen-bond acceptors (Lipinski definition) is 2. The zero-order valence-electron chi connectivity index (χ0n) is 12.0. The largest absolute Gasteiger partial charge is 0.434 e. The van der Waals surface area contributed by atoms with Crippen LogP contribution in [0.4, 0.5) is 8.78 Å². The normalized spacial score (nSPS) is 12.7. The lowest BCUT2D eigenvalue weighted by atomic mass is 9.96. The molecule has 4 heteroatoms. The molecule has 0 fully saturated rings. The first-order chi connectivity index (χ1) is 9.99. The maximum atomic E-state index is 12.4. The Bertz CT molecular complexity index is 580. The topological polar surface area (TPSA) is 29.5 Å². The number of aliphatic hydroxyl groups excluding tert-OH is 1. The molecular weight excluding hydrogens is 274 g/mol. The van der Waals surface area contributed by atoms with Gasteiger partial charge >= 0.3 is 6.61 Å². The van der Waals surface area contributed by atoms with Crippen LogP contribution in [0.3, 0.4) is 0 Å². The van der Waals surface area contributed by atoms with Crippen LogP contribution in [0.25, 0.3) is 0 Å². The molecule has 0 saturated heterocycles. The van der Waals surface area contributed by atoms with E-state index in [1.165, 1.54) is 6.07 Å². The fourth-order valence-corrected chi connectivity index (χ4v) is 2.15. The highest BCUT2D eigenvalue weighted by Crippen LogP contribution is 2.31. The van der Waals surface area contributed by atoms with E-state index >= 15 is 0 Å². The SMILES string of the molecule is CC(C)c1ccc(C(O)c2ccccc2OC(F)F)cc1. The standard InChI is InChI=1S/C17H18F2O2/c1-11(2)12-7-9-13(10-8-12)16(20)14-5-3-4-6-15(14)21-17(18)19/h3-11,16-17,20H,1-2H3. The minimum Gasteiger partial charge on any atom is -0.434 e. The molecule has 21 heavy (non-hydrogen) atoms. The minimum absolute atomic E-state index is 0.00654. The second kappa shape index (κ2) is 6.68. The highest BCUT2D eigenvalue weighted by molar-refractivity contribution is 5.41. The lowest BCUT2D eigenvalue weighted by Gasteiger charge is -2.17. The molecular formula is C17H18F2O2. The molecule has 0 spiro atoms. The third-order valence-electron chi connectivity index (χ3n) is 3.35. The third-order valence-corrected chi connectivity index (χ3v) is 3.35. The summed E-state index contributed by atoms with van der Waals surface area (Å²) in [5.41, 5.74) is 2.13. The van der Waals surface area contributed by atoms with Crippen LogP contribution in [0.2, 0.25) is 0 Å². The lowest BCUT2D eigenvalue weighted by molar-refractivity contribution is -0.0512. The van der Waals surface area contributed by atoms with Gasteiger partial charge in [0.2, 0.25) is 0 Å². The Balaban J connectivity index is 2.29. The van der Waals surface area contributed by atoms with Crippen molar-refractivity contribution in [3.05, 3.63) is 65.2 Å². The molecule has 2 nitrogen and oxygen atoms in total. The lowest BCUT2D eigenvalue weighted by Crippen LogP contribution is -2.08. The van der Waals surface area contributed by atoms with Crippen molar-refractivity contribution in [1.82, 2.24) is 0 Å². The van der Waals surface area contributed by atoms with Gasteiger partial charge in [-0.1, -0.05) is 56.3 Å². The van der Waals surface area contributed by atoms with Crippen molar-refractivity contribution in [2.75, 3.05) is 0 Å². The molecule has 0 radical (unpaired) electrons. The van der Waals surface area contributed by atoms with Crippen LogP contribution in [-0.4, -0.2) is 11.7 Å². The second-order valence-electron chi connectivity index (χ2n) is 5.14. The van der Waals surface area contributed by atoms with Crippen LogP contribution < -0.4 is 4.74 Å². The van der Waals surface area contributed by atoms with Gasteiger partial charge in [-0.05, 0) is 23.1 Å². The molecule has 0 aliphatic heterocycles. The van der Waals surface area contributed by atoms with Gasteiger partial charge in [0, 0.05) is 5.56 Å². The number of alkyl halides is 2. The first-order valence-corrected chi connectivity index (χ1v) is 6.80. The van der Waals surface area contributed by atoms with Crippen LogP contribution in [0.1, 0.15) is 42.6 Å². The van der Waals surface area contributed by atoms with E-state index in [1.54, 1.807) is 30.3 Å². The maximum absolute atomic E-state index is 12.4. The van der Waals surface area contributed by atoms with Crippen LogP contribution in [0.15, 0.2) is 48.5 Å². The predicted molar refractivity (Wildman–Crippen MR) is 77.7 cm³/mol. The average molecular weight is 292 g/mol. The van der Waals surface area contributed by atoms with Gasteiger partial charge in [0.15, 0.2) is 0 Å². The van der Waals surface area contributed by atoms with Crippen molar-refractivity contribution in [2.45, 2.75) is 32.5 Å². The minimum atomic E-state index is -2.92. The van der Waals surface area contributed by atoms with Crippen LogP contribution >= 0.6 is 0 Å². The predicted octanol–water partition coefficient (Wildman–Crippen LogP) is 4.49. The Morgan fingerprint density at radius 3 is 2.05 bits per heavy atom. The molecule has 0 bridgehead atoms. The van der Waals surface area contributed by atoms with E-state index in [4.69, 9.17) is 0 Å². The van der Waals surface area contributed by atoms with Crippen molar-refractivity contribution in [1.29, 1.82) is 0 Å². The van der Waals surface area contributed by atoms with Crippen molar-refractivity contribution in [3.63, 3.8) is 0 Å². The van der Waals surface area contributed by atoms with Gasteiger partial charge in [-0.15, -0.1) is 0 Å². The van der Waals surface area contributed by atoms with Gasteiger partial charge in [0.1, 0.15) is 11.9 Å². The molecule has 0 aliphatic carbocycles. The Morgan fingerprint density at radius 2 is 1.48 bits per heavy atom. The van der Waals surface area contributed by atoms with Gasteiger partial charge in [-0.3, -0.25) is 0 Å². The summed E-state index contributed by atoms with van der Waals surface area (Å²) in [5.74, 6) is 0.388. The van der Waals surface area contributed by atoms with E-state index < -0.39 is 12.7 Å². The van der Waals surface area contributed by atoms with E-state index in [1.807, 2.05) is 12.1 Å². The molecule has 1 N–H and O–H groups in total. The zero-order valence-corrected chi connectivity index (χ0v) is 12.0. The van der Waals surface area contributed by atoms with Crippen molar-refractivity contribution in [3.8, 4) is 5.75 Å². The van der Waals surface area contributed by atoms with E-state index in [9.17, 15) is 13.9 Å². The molecule has 2 aromatic rings. The maximum Gasteiger partial charge on any atom is 0.387 e. The molecule has 1 unspecified atom stereocenters. The molecule has 1 atom stereocenters. The van der Waals surface area contributed by atoms with Crippen molar-refractivity contribution < 1.29 is 18.6 Å².